The van der Waals surface area contributed by atoms with Gasteiger partial charge in [-0.05, 0) is 36.0 Å². The molecule has 7 heteroatoms. The van der Waals surface area contributed by atoms with Crippen molar-refractivity contribution < 1.29 is 17.9 Å². The van der Waals surface area contributed by atoms with Gasteiger partial charge < -0.3 is 10.1 Å². The molecular formula is C20H34N2O4S. The zero-order chi connectivity index (χ0) is 20.3. The van der Waals surface area contributed by atoms with Gasteiger partial charge in [0.05, 0.1) is 4.90 Å². The minimum absolute atomic E-state index is 0.0329. The SMILES string of the molecule is CCCCOCCCNC(=O)CCNS(=O)(=O)c1ccc(C(C)(C)C)cc1. The Hall–Kier alpha value is -1.44. The van der Waals surface area contributed by atoms with Gasteiger partial charge in [-0.2, -0.15) is 0 Å². The maximum absolute atomic E-state index is 12.3. The minimum Gasteiger partial charge on any atom is -0.381 e. The average molecular weight is 399 g/mol. The first-order valence-electron chi connectivity index (χ1n) is 9.61. The minimum atomic E-state index is -3.61. The van der Waals surface area contributed by atoms with Crippen LogP contribution in [-0.4, -0.2) is 40.6 Å². The second kappa shape index (κ2) is 11.4. The smallest absolute Gasteiger partial charge is 0.240 e. The fourth-order valence-electron chi connectivity index (χ4n) is 2.36. The van der Waals surface area contributed by atoms with Gasteiger partial charge in [-0.15, -0.1) is 0 Å². The lowest BCUT2D eigenvalue weighted by molar-refractivity contribution is -0.120. The molecule has 0 radical (unpaired) electrons. The van der Waals surface area contributed by atoms with Gasteiger partial charge in [-0.25, -0.2) is 13.1 Å². The first-order chi connectivity index (χ1) is 12.7. The second-order valence-electron chi connectivity index (χ2n) is 7.59. The van der Waals surface area contributed by atoms with Gasteiger partial charge in [0.1, 0.15) is 0 Å². The highest BCUT2D eigenvalue weighted by molar-refractivity contribution is 7.89. The van der Waals surface area contributed by atoms with E-state index in [0.717, 1.165) is 31.4 Å². The molecule has 27 heavy (non-hydrogen) atoms. The van der Waals surface area contributed by atoms with Crippen LogP contribution in [0.3, 0.4) is 0 Å². The molecule has 6 nitrogen and oxygen atoms in total. The molecule has 0 saturated heterocycles. The monoisotopic (exact) mass is 398 g/mol. The summed E-state index contributed by atoms with van der Waals surface area (Å²) in [5.74, 6) is -0.172. The Kier molecular flexibility index (Phi) is 9.98. The lowest BCUT2D eigenvalue weighted by Gasteiger charge is -2.19. The van der Waals surface area contributed by atoms with Crippen molar-refractivity contribution in [3.63, 3.8) is 0 Å². The number of rotatable bonds is 12. The van der Waals surface area contributed by atoms with Crippen molar-refractivity contribution in [1.82, 2.24) is 10.0 Å². The predicted octanol–water partition coefficient (Wildman–Crippen LogP) is 2.98. The molecule has 1 aromatic carbocycles. The zero-order valence-corrected chi connectivity index (χ0v) is 17.8. The Morgan fingerprint density at radius 2 is 1.67 bits per heavy atom. The Bertz CT molecular complexity index is 664. The molecule has 0 fully saturated rings. The Morgan fingerprint density at radius 3 is 2.26 bits per heavy atom. The quantitative estimate of drug-likeness (QED) is 0.530. The van der Waals surface area contributed by atoms with Gasteiger partial charge in [0.15, 0.2) is 0 Å². The third-order valence-corrected chi connectivity index (χ3v) is 5.58. The van der Waals surface area contributed by atoms with Gasteiger partial charge in [0, 0.05) is 32.7 Å². The van der Waals surface area contributed by atoms with E-state index in [1.807, 2.05) is 12.1 Å². The van der Waals surface area contributed by atoms with Crippen LogP contribution in [0.2, 0.25) is 0 Å². The van der Waals surface area contributed by atoms with Crippen molar-refractivity contribution in [2.45, 2.75) is 63.7 Å². The van der Waals surface area contributed by atoms with Crippen molar-refractivity contribution in [1.29, 1.82) is 0 Å². The van der Waals surface area contributed by atoms with E-state index in [4.69, 9.17) is 4.74 Å². The number of unbranched alkanes of at least 4 members (excludes halogenated alkanes) is 1. The summed E-state index contributed by atoms with van der Waals surface area (Å²) in [6.45, 7) is 10.3. The van der Waals surface area contributed by atoms with Gasteiger partial charge in [-0.1, -0.05) is 46.2 Å². The maximum atomic E-state index is 12.3. The average Bonchev–Trinajstić information content (AvgIpc) is 2.60. The molecule has 2 N–H and O–H groups in total. The number of carbonyl (C=O) groups is 1. The van der Waals surface area contributed by atoms with Crippen LogP contribution >= 0.6 is 0 Å². The first kappa shape index (κ1) is 23.6. The molecule has 0 heterocycles. The van der Waals surface area contributed by atoms with Gasteiger partial charge in [0.25, 0.3) is 0 Å². The van der Waals surface area contributed by atoms with E-state index in [9.17, 15) is 13.2 Å². The number of ether oxygens (including phenoxy) is 1. The highest BCUT2D eigenvalue weighted by Gasteiger charge is 2.17. The van der Waals surface area contributed by atoms with Crippen molar-refractivity contribution in [3.8, 4) is 0 Å². The summed E-state index contributed by atoms with van der Waals surface area (Å²) < 4.78 is 32.5. The van der Waals surface area contributed by atoms with Gasteiger partial charge >= 0.3 is 0 Å². The van der Waals surface area contributed by atoms with E-state index in [-0.39, 0.29) is 29.2 Å². The fraction of sp³-hybridized carbons (Fsp3) is 0.650. The van der Waals surface area contributed by atoms with E-state index in [0.29, 0.717) is 13.2 Å². The van der Waals surface area contributed by atoms with Gasteiger partial charge in [0.2, 0.25) is 15.9 Å². The molecule has 0 bridgehead atoms. The van der Waals surface area contributed by atoms with Crippen LogP contribution in [0.25, 0.3) is 0 Å². The van der Waals surface area contributed by atoms with Crippen LogP contribution < -0.4 is 10.0 Å². The molecule has 1 rings (SSSR count). The molecule has 0 saturated carbocycles. The lowest BCUT2D eigenvalue weighted by atomic mass is 9.87. The lowest BCUT2D eigenvalue weighted by Crippen LogP contribution is -2.31. The third kappa shape index (κ3) is 9.35. The highest BCUT2D eigenvalue weighted by Crippen LogP contribution is 2.23. The number of amides is 1. The van der Waals surface area contributed by atoms with Crippen LogP contribution in [0, 0.1) is 0 Å². The Balaban J connectivity index is 2.30. The topological polar surface area (TPSA) is 84.5 Å². The highest BCUT2D eigenvalue weighted by atomic mass is 32.2. The van der Waals surface area contributed by atoms with Crippen LogP contribution in [0.4, 0.5) is 0 Å². The number of hydrogen-bond acceptors (Lipinski definition) is 4. The number of nitrogens with one attached hydrogen (secondary N) is 2. The van der Waals surface area contributed by atoms with Crippen molar-refractivity contribution in [3.05, 3.63) is 29.8 Å². The summed E-state index contributed by atoms with van der Waals surface area (Å²) in [5.41, 5.74) is 1.04. The molecule has 0 atom stereocenters. The summed E-state index contributed by atoms with van der Waals surface area (Å²) in [6.07, 6.45) is 3.01. The van der Waals surface area contributed by atoms with Crippen LogP contribution in [0.5, 0.6) is 0 Å². The summed E-state index contributed by atoms with van der Waals surface area (Å²) in [6, 6.07) is 6.84. The molecule has 1 amide bonds. The summed E-state index contributed by atoms with van der Waals surface area (Å²) in [7, 11) is -3.61. The molecular weight excluding hydrogens is 364 g/mol. The largest absolute Gasteiger partial charge is 0.381 e. The van der Waals surface area contributed by atoms with E-state index in [1.54, 1.807) is 12.1 Å². The normalized spacial score (nSPS) is 12.1. The summed E-state index contributed by atoms with van der Waals surface area (Å²) >= 11 is 0. The summed E-state index contributed by atoms with van der Waals surface area (Å²) in [4.78, 5) is 12.0. The molecule has 0 spiro atoms. The van der Waals surface area contributed by atoms with E-state index in [1.165, 1.54) is 0 Å². The maximum Gasteiger partial charge on any atom is 0.240 e. The second-order valence-corrected chi connectivity index (χ2v) is 9.36. The van der Waals surface area contributed by atoms with Crippen LogP contribution in [-0.2, 0) is 25.0 Å². The van der Waals surface area contributed by atoms with Crippen molar-refractivity contribution >= 4 is 15.9 Å². The molecule has 0 aliphatic heterocycles. The number of sulfonamides is 1. The number of hydrogen-bond donors (Lipinski definition) is 2. The van der Waals surface area contributed by atoms with E-state index >= 15 is 0 Å². The number of benzene rings is 1. The predicted molar refractivity (Wildman–Crippen MR) is 108 cm³/mol. The summed E-state index contributed by atoms with van der Waals surface area (Å²) in [5, 5.41) is 2.77. The van der Waals surface area contributed by atoms with Gasteiger partial charge in [-0.3, -0.25) is 4.79 Å². The third-order valence-electron chi connectivity index (χ3n) is 4.10. The number of carbonyl (C=O) groups excluding carboxylic acids is 1. The first-order valence-corrected chi connectivity index (χ1v) is 11.1. The van der Waals surface area contributed by atoms with Crippen LogP contribution in [0.1, 0.15) is 58.9 Å². The fourth-order valence-corrected chi connectivity index (χ4v) is 3.39. The van der Waals surface area contributed by atoms with E-state index < -0.39 is 10.0 Å². The molecule has 1 aromatic rings. The molecule has 0 aliphatic rings. The standard InChI is InChI=1S/C20H34N2O4S/c1-5-6-15-26-16-7-13-21-19(23)12-14-22-27(24,25)18-10-8-17(9-11-18)20(2,3)4/h8-11,22H,5-7,12-16H2,1-4H3,(H,21,23). The molecule has 154 valence electrons. The molecule has 0 aromatic heterocycles. The Labute approximate surface area is 164 Å². The molecule has 0 aliphatic carbocycles. The Morgan fingerprint density at radius 1 is 1.04 bits per heavy atom. The zero-order valence-electron chi connectivity index (χ0n) is 17.0. The van der Waals surface area contributed by atoms with Crippen LogP contribution in [0.15, 0.2) is 29.2 Å². The van der Waals surface area contributed by atoms with Crippen molar-refractivity contribution in [2.24, 2.45) is 0 Å². The van der Waals surface area contributed by atoms with Crippen molar-refractivity contribution in [2.75, 3.05) is 26.3 Å². The van der Waals surface area contributed by atoms with E-state index in [2.05, 4.69) is 37.7 Å². The molecule has 0 unspecified atom stereocenters.